The molecule has 3 aromatic carbocycles. The zero-order valence-electron chi connectivity index (χ0n) is 28.3. The van der Waals surface area contributed by atoms with Crippen LogP contribution in [-0.2, 0) is 28.7 Å². The Balaban J connectivity index is 1.34. The van der Waals surface area contributed by atoms with Gasteiger partial charge in [-0.15, -0.1) is 0 Å². The van der Waals surface area contributed by atoms with Crippen LogP contribution in [0.1, 0.15) is 44.7 Å². The quantitative estimate of drug-likeness (QED) is 0.291. The normalized spacial score (nSPS) is 30.3. The molecule has 50 heavy (non-hydrogen) atoms. The van der Waals surface area contributed by atoms with Crippen LogP contribution in [-0.4, -0.2) is 77.2 Å². The summed E-state index contributed by atoms with van der Waals surface area (Å²) in [5, 5.41) is 15.9. The van der Waals surface area contributed by atoms with Gasteiger partial charge in [-0.1, -0.05) is 105 Å². The first kappa shape index (κ1) is 33.7. The monoisotopic (exact) mass is 677 g/mol. The third-order valence-electron chi connectivity index (χ3n) is 10.9. The molecule has 0 aliphatic carbocycles. The van der Waals surface area contributed by atoms with Crippen molar-refractivity contribution in [3.63, 3.8) is 0 Å². The van der Waals surface area contributed by atoms with E-state index in [0.717, 1.165) is 16.3 Å². The SMILES string of the molecule is CC[C@H](C)[C@H](CO)N1C(=O)[C@H]2[C@@H]3C(=O)N[C@@H](c4ccccc4)COC(=O)CC/C=C\[C@@H]3O[C@]23C=CCN(c2ccc4ccccc4c2)C(=O)[C@H]13. The molecule has 3 aromatic rings. The van der Waals surface area contributed by atoms with Crippen molar-refractivity contribution >= 4 is 40.2 Å². The van der Waals surface area contributed by atoms with Crippen LogP contribution in [0.5, 0.6) is 0 Å². The topological polar surface area (TPSA) is 125 Å². The summed E-state index contributed by atoms with van der Waals surface area (Å²) < 4.78 is 12.5. The van der Waals surface area contributed by atoms with Crippen molar-refractivity contribution in [2.45, 2.75) is 62.9 Å². The van der Waals surface area contributed by atoms with Gasteiger partial charge in [-0.05, 0) is 40.8 Å². The molecule has 2 saturated heterocycles. The van der Waals surface area contributed by atoms with E-state index >= 15 is 4.79 Å². The van der Waals surface area contributed by atoms with Gasteiger partial charge in [-0.3, -0.25) is 19.2 Å². The van der Waals surface area contributed by atoms with Gasteiger partial charge >= 0.3 is 5.97 Å². The molecule has 0 radical (unpaired) electrons. The van der Waals surface area contributed by atoms with Crippen molar-refractivity contribution in [1.82, 2.24) is 10.2 Å². The van der Waals surface area contributed by atoms with Crippen molar-refractivity contribution in [2.75, 3.05) is 24.7 Å². The molecule has 4 heterocycles. The lowest BCUT2D eigenvalue weighted by molar-refractivity contribution is -0.147. The molecule has 0 saturated carbocycles. The van der Waals surface area contributed by atoms with E-state index in [0.29, 0.717) is 18.5 Å². The summed E-state index contributed by atoms with van der Waals surface area (Å²) >= 11 is 0. The van der Waals surface area contributed by atoms with Crippen LogP contribution in [0, 0.1) is 17.8 Å². The maximum atomic E-state index is 15.0. The van der Waals surface area contributed by atoms with E-state index < -0.39 is 53.5 Å². The second kappa shape index (κ2) is 13.8. The molecular formula is C40H43N3O7. The van der Waals surface area contributed by atoms with Crippen molar-refractivity contribution in [3.8, 4) is 0 Å². The fraction of sp³-hybridized carbons (Fsp3) is 0.400. The Labute approximate surface area is 291 Å². The fourth-order valence-corrected chi connectivity index (χ4v) is 8.13. The highest BCUT2D eigenvalue weighted by Crippen LogP contribution is 2.54. The lowest BCUT2D eigenvalue weighted by Gasteiger charge is -2.40. The highest BCUT2D eigenvalue weighted by molar-refractivity contribution is 6.06. The van der Waals surface area contributed by atoms with Gasteiger partial charge in [0.2, 0.25) is 11.8 Å². The Morgan fingerprint density at radius 1 is 0.960 bits per heavy atom. The molecular weight excluding hydrogens is 634 g/mol. The Bertz CT molecular complexity index is 1840. The Morgan fingerprint density at radius 2 is 1.72 bits per heavy atom. The number of aliphatic hydroxyl groups excluding tert-OH is 1. The Hall–Kier alpha value is -4.80. The molecule has 2 N–H and O–H groups in total. The summed E-state index contributed by atoms with van der Waals surface area (Å²) in [4.78, 5) is 60.3. The molecule has 8 atom stereocenters. The first-order valence-corrected chi connectivity index (χ1v) is 17.5. The first-order chi connectivity index (χ1) is 24.3. The van der Waals surface area contributed by atoms with E-state index in [-0.39, 0.29) is 44.0 Å². The summed E-state index contributed by atoms with van der Waals surface area (Å²) in [7, 11) is 0. The second-order valence-corrected chi connectivity index (χ2v) is 13.7. The van der Waals surface area contributed by atoms with Gasteiger partial charge in [0.1, 0.15) is 18.2 Å². The maximum Gasteiger partial charge on any atom is 0.306 e. The van der Waals surface area contributed by atoms with Crippen molar-refractivity contribution in [1.29, 1.82) is 0 Å². The molecule has 260 valence electrons. The van der Waals surface area contributed by atoms with Crippen LogP contribution >= 0.6 is 0 Å². The van der Waals surface area contributed by atoms with Crippen LogP contribution in [0.3, 0.4) is 0 Å². The minimum Gasteiger partial charge on any atom is -0.463 e. The number of carbonyl (C=O) groups excluding carboxylic acids is 4. The van der Waals surface area contributed by atoms with E-state index in [9.17, 15) is 19.5 Å². The lowest BCUT2D eigenvalue weighted by atomic mass is 9.77. The van der Waals surface area contributed by atoms with Crippen LogP contribution in [0.2, 0.25) is 0 Å². The molecule has 10 heteroatoms. The minimum atomic E-state index is -1.49. The number of carbonyl (C=O) groups is 4. The summed E-state index contributed by atoms with van der Waals surface area (Å²) in [6.45, 7) is 3.74. The number of esters is 1. The number of ether oxygens (including phenoxy) is 2. The number of benzene rings is 3. The Kier molecular flexibility index (Phi) is 9.32. The fourth-order valence-electron chi connectivity index (χ4n) is 8.13. The molecule has 3 amide bonds. The molecule has 1 spiro atoms. The smallest absolute Gasteiger partial charge is 0.306 e. The summed E-state index contributed by atoms with van der Waals surface area (Å²) in [5.74, 6) is -3.79. The first-order valence-electron chi connectivity index (χ1n) is 17.5. The second-order valence-electron chi connectivity index (χ2n) is 13.7. The van der Waals surface area contributed by atoms with Crippen molar-refractivity contribution < 1.29 is 33.8 Å². The van der Waals surface area contributed by atoms with Gasteiger partial charge in [-0.25, -0.2) is 0 Å². The third kappa shape index (κ3) is 5.80. The molecule has 10 nitrogen and oxygen atoms in total. The molecule has 0 aromatic heterocycles. The Morgan fingerprint density at radius 3 is 2.48 bits per heavy atom. The predicted octanol–water partition coefficient (Wildman–Crippen LogP) is 4.48. The standard InChI is InChI=1S/C40H43N3O7/c1-3-25(2)31(23-44)43-36-39(48)42(29-19-18-26-12-7-8-15-28(26)22-29)21-11-20-40(36)35(38(43)47)34-32(50-40)16-9-10-17-33(45)49-24-30(41-37(34)46)27-13-5-4-6-14-27/h4-9,11-16,18-20,22,25,30-32,34-36,44H,3,10,17,21,23-24H2,1-2H3,(H,41,46)/b16-9-/t25-,30+,31-,32-,34+,35+,36-,40+/m0/s1. The molecule has 0 unspecified atom stereocenters. The zero-order chi connectivity index (χ0) is 35.0. The molecule has 7 rings (SSSR count). The van der Waals surface area contributed by atoms with Gasteiger partial charge in [0, 0.05) is 18.7 Å². The van der Waals surface area contributed by atoms with Gasteiger partial charge in [-0.2, -0.15) is 0 Å². The van der Waals surface area contributed by atoms with E-state index in [2.05, 4.69) is 5.32 Å². The number of aliphatic hydroxyl groups is 1. The number of nitrogens with one attached hydrogen (secondary N) is 1. The average Bonchev–Trinajstić information content (AvgIpc) is 3.52. The van der Waals surface area contributed by atoms with E-state index in [1.807, 2.05) is 92.7 Å². The number of likely N-dealkylation sites (tertiary alicyclic amines) is 1. The number of nitrogens with zero attached hydrogens (tertiary/aromatic N) is 2. The minimum absolute atomic E-state index is 0.0746. The van der Waals surface area contributed by atoms with Gasteiger partial charge in [0.05, 0.1) is 36.6 Å². The van der Waals surface area contributed by atoms with Crippen molar-refractivity contribution in [3.05, 3.63) is 103 Å². The van der Waals surface area contributed by atoms with Crippen LogP contribution in [0.15, 0.2) is 97.1 Å². The third-order valence-corrected chi connectivity index (χ3v) is 10.9. The van der Waals surface area contributed by atoms with Gasteiger partial charge < -0.3 is 29.7 Å². The van der Waals surface area contributed by atoms with Crippen LogP contribution < -0.4 is 10.2 Å². The molecule has 0 bridgehead atoms. The summed E-state index contributed by atoms with van der Waals surface area (Å²) in [5.41, 5.74) is -0.0731. The molecule has 4 aliphatic heterocycles. The van der Waals surface area contributed by atoms with Gasteiger partial charge in [0.25, 0.3) is 5.91 Å². The van der Waals surface area contributed by atoms with Gasteiger partial charge in [0.15, 0.2) is 0 Å². The number of hydrogen-bond acceptors (Lipinski definition) is 7. The van der Waals surface area contributed by atoms with E-state index in [1.54, 1.807) is 23.1 Å². The van der Waals surface area contributed by atoms with Crippen LogP contribution in [0.4, 0.5) is 5.69 Å². The largest absolute Gasteiger partial charge is 0.463 e. The number of rotatable bonds is 6. The molecule has 4 aliphatic rings. The van der Waals surface area contributed by atoms with Crippen molar-refractivity contribution in [2.24, 2.45) is 17.8 Å². The number of cyclic esters (lactones) is 1. The molecule has 2 fully saturated rings. The number of anilines is 1. The van der Waals surface area contributed by atoms with Crippen LogP contribution in [0.25, 0.3) is 10.8 Å². The number of fused-ring (bicyclic) bond motifs is 3. The maximum absolute atomic E-state index is 15.0. The number of hydrogen-bond donors (Lipinski definition) is 2. The van der Waals surface area contributed by atoms with E-state index in [4.69, 9.17) is 9.47 Å². The average molecular weight is 678 g/mol. The predicted molar refractivity (Wildman–Crippen MR) is 188 cm³/mol. The number of allylic oxidation sites excluding steroid dienone is 1. The summed E-state index contributed by atoms with van der Waals surface area (Å²) in [6.07, 6.45) is 7.46. The highest BCUT2D eigenvalue weighted by atomic mass is 16.5. The summed E-state index contributed by atoms with van der Waals surface area (Å²) in [6, 6.07) is 20.5. The zero-order valence-corrected chi connectivity index (χ0v) is 28.3. The highest BCUT2D eigenvalue weighted by Gasteiger charge is 2.72. The lowest BCUT2D eigenvalue weighted by Crippen LogP contribution is -2.59. The number of amides is 3. The van der Waals surface area contributed by atoms with E-state index in [1.165, 1.54) is 4.90 Å².